The number of imidazole rings is 1. The number of likely N-dealkylation sites (tertiary alicyclic amines) is 1. The van der Waals surface area contributed by atoms with E-state index in [2.05, 4.69) is 59.6 Å². The van der Waals surface area contributed by atoms with Gasteiger partial charge in [0.1, 0.15) is 23.1 Å². The number of nitriles is 1. The summed E-state index contributed by atoms with van der Waals surface area (Å²) in [5.74, 6) is 2.80. The Hall–Kier alpha value is -3.15. The van der Waals surface area contributed by atoms with E-state index in [1.165, 1.54) is 30.6 Å². The molecule has 0 radical (unpaired) electrons. The molecule has 0 N–H and O–H groups in total. The van der Waals surface area contributed by atoms with Gasteiger partial charge in [-0.3, -0.25) is 4.40 Å². The number of pyridine rings is 1. The Kier molecular flexibility index (Phi) is 7.63. The molecule has 2 aliphatic heterocycles. The number of aromatic nitrogens is 2. The molecule has 0 saturated carbocycles. The predicted octanol–water partition coefficient (Wildman–Crippen LogP) is 6.15. The van der Waals surface area contributed by atoms with E-state index in [4.69, 9.17) is 9.98 Å². The molecule has 37 heavy (non-hydrogen) atoms. The van der Waals surface area contributed by atoms with Crippen LogP contribution in [0.4, 0.5) is 10.2 Å². The van der Waals surface area contributed by atoms with Gasteiger partial charge in [0.25, 0.3) is 0 Å². The van der Waals surface area contributed by atoms with Crippen molar-refractivity contribution in [2.45, 2.75) is 44.9 Å². The second-order valence-corrected chi connectivity index (χ2v) is 10.8. The van der Waals surface area contributed by atoms with E-state index in [9.17, 15) is 9.65 Å². The van der Waals surface area contributed by atoms with Crippen LogP contribution in [-0.2, 0) is 6.42 Å². The number of nitrogens with zero attached hydrogens (tertiary/aromatic N) is 6. The molecule has 0 bridgehead atoms. The zero-order valence-electron chi connectivity index (χ0n) is 21.7. The fourth-order valence-corrected chi connectivity index (χ4v) is 6.12. The lowest BCUT2D eigenvalue weighted by molar-refractivity contribution is 0.255. The highest BCUT2D eigenvalue weighted by molar-refractivity contribution is 8.02. The molecule has 4 heterocycles. The number of piperidine rings is 1. The number of fused-ring (bicyclic) bond motifs is 1. The maximum Gasteiger partial charge on any atom is 0.141 e. The topological polar surface area (TPSA) is 59.9 Å². The molecule has 1 saturated heterocycles. The van der Waals surface area contributed by atoms with Crippen molar-refractivity contribution < 1.29 is 4.39 Å². The SMILES string of the molecule is CCCc1nc2ccc(C3CCN(C)CC3)cn2c1N(C)C1=NC(C2=C(C#N)C=C(F)C=CC2)=CSC1. The number of amidine groups is 1. The first-order valence-corrected chi connectivity index (χ1v) is 14.0. The van der Waals surface area contributed by atoms with Gasteiger partial charge in [-0.15, -0.1) is 11.8 Å². The van der Waals surface area contributed by atoms with Gasteiger partial charge in [-0.25, -0.2) is 14.4 Å². The quantitative estimate of drug-likeness (QED) is 0.477. The highest BCUT2D eigenvalue weighted by atomic mass is 32.2. The van der Waals surface area contributed by atoms with Crippen molar-refractivity contribution in [2.24, 2.45) is 4.99 Å². The Labute approximate surface area is 222 Å². The largest absolute Gasteiger partial charge is 0.316 e. The molecule has 5 rings (SSSR count). The predicted molar refractivity (Wildman–Crippen MR) is 151 cm³/mol. The van der Waals surface area contributed by atoms with Crippen LogP contribution in [0.2, 0.25) is 0 Å². The van der Waals surface area contributed by atoms with Gasteiger partial charge in [-0.1, -0.05) is 25.5 Å². The first-order valence-electron chi connectivity index (χ1n) is 13.0. The standard InChI is InChI=1S/C29H33FN6S/c1-4-6-25-29(36-17-21(9-10-27(36)32-25)20-11-13-34(2)14-12-20)35(3)28-19-37-18-26(33-28)24-8-5-7-23(30)15-22(24)16-31/h5,7,9-10,15,17-18,20H,4,6,8,11-14,19H2,1-3H3. The van der Waals surface area contributed by atoms with Gasteiger partial charge >= 0.3 is 0 Å². The Morgan fingerprint density at radius 1 is 1.27 bits per heavy atom. The molecular weight excluding hydrogens is 483 g/mol. The van der Waals surface area contributed by atoms with Crippen LogP contribution in [0.5, 0.6) is 0 Å². The van der Waals surface area contributed by atoms with Gasteiger partial charge < -0.3 is 9.80 Å². The molecule has 8 heteroatoms. The van der Waals surface area contributed by atoms with Crippen LogP contribution in [0.15, 0.2) is 69.6 Å². The average Bonchev–Trinajstić information content (AvgIpc) is 3.15. The molecule has 0 unspecified atom stereocenters. The maximum absolute atomic E-state index is 14.0. The van der Waals surface area contributed by atoms with Gasteiger partial charge in [-0.05, 0) is 80.9 Å². The van der Waals surface area contributed by atoms with E-state index >= 15 is 0 Å². The van der Waals surface area contributed by atoms with Crippen molar-refractivity contribution >= 4 is 29.1 Å². The average molecular weight is 517 g/mol. The number of aryl methyl sites for hydroxylation is 1. The van der Waals surface area contributed by atoms with Crippen LogP contribution in [-0.4, -0.2) is 53.1 Å². The number of hydrogen-bond donors (Lipinski definition) is 0. The van der Waals surface area contributed by atoms with Crippen LogP contribution in [0.25, 0.3) is 5.65 Å². The van der Waals surface area contributed by atoms with Crippen LogP contribution in [0.3, 0.4) is 0 Å². The van der Waals surface area contributed by atoms with E-state index in [1.807, 2.05) is 5.41 Å². The number of thioether (sulfide) groups is 1. The number of allylic oxidation sites excluding steroid dienone is 6. The highest BCUT2D eigenvalue weighted by Crippen LogP contribution is 2.34. The lowest BCUT2D eigenvalue weighted by atomic mass is 9.91. The third-order valence-electron chi connectivity index (χ3n) is 7.36. The molecule has 3 aliphatic rings. The van der Waals surface area contributed by atoms with Crippen molar-refractivity contribution in [1.29, 1.82) is 5.26 Å². The first-order chi connectivity index (χ1) is 18.0. The molecular formula is C29H33FN6S. The van der Waals surface area contributed by atoms with Crippen LogP contribution >= 0.6 is 11.8 Å². The zero-order valence-corrected chi connectivity index (χ0v) is 22.6. The number of aliphatic imine (C=N–C) groups is 1. The van der Waals surface area contributed by atoms with E-state index in [1.54, 1.807) is 17.8 Å². The van der Waals surface area contributed by atoms with Gasteiger partial charge in [-0.2, -0.15) is 5.26 Å². The summed E-state index contributed by atoms with van der Waals surface area (Å²) in [6.45, 7) is 4.42. The lowest BCUT2D eigenvalue weighted by Gasteiger charge is -2.29. The first kappa shape index (κ1) is 25.5. The Morgan fingerprint density at radius 3 is 2.84 bits per heavy atom. The van der Waals surface area contributed by atoms with Crippen molar-refractivity contribution in [3.05, 3.63) is 75.9 Å². The molecule has 0 atom stereocenters. The maximum atomic E-state index is 14.0. The smallest absolute Gasteiger partial charge is 0.141 e. The van der Waals surface area contributed by atoms with Gasteiger partial charge in [0.15, 0.2) is 0 Å². The van der Waals surface area contributed by atoms with E-state index < -0.39 is 5.83 Å². The van der Waals surface area contributed by atoms with Crippen molar-refractivity contribution in [3.63, 3.8) is 0 Å². The third-order valence-corrected chi connectivity index (χ3v) is 8.18. The molecule has 2 aromatic rings. The molecule has 192 valence electrons. The number of anilines is 1. The van der Waals surface area contributed by atoms with Crippen LogP contribution < -0.4 is 4.90 Å². The molecule has 0 amide bonds. The molecule has 6 nitrogen and oxygen atoms in total. The lowest BCUT2D eigenvalue weighted by Crippen LogP contribution is -2.31. The van der Waals surface area contributed by atoms with Gasteiger partial charge in [0.05, 0.1) is 28.8 Å². The summed E-state index contributed by atoms with van der Waals surface area (Å²) in [6, 6.07) is 6.55. The molecule has 1 aliphatic carbocycles. The number of hydrogen-bond acceptors (Lipinski definition) is 6. The van der Waals surface area contributed by atoms with Crippen LogP contribution in [0.1, 0.15) is 49.8 Å². The zero-order chi connectivity index (χ0) is 25.9. The molecule has 0 spiro atoms. The fraction of sp³-hybridized carbons (Fsp3) is 0.414. The Morgan fingerprint density at radius 2 is 2.08 bits per heavy atom. The highest BCUT2D eigenvalue weighted by Gasteiger charge is 2.25. The fourth-order valence-electron chi connectivity index (χ4n) is 5.28. The summed E-state index contributed by atoms with van der Waals surface area (Å²) in [7, 11) is 4.25. The Bertz CT molecular complexity index is 1380. The molecule has 0 aromatic carbocycles. The van der Waals surface area contributed by atoms with Crippen molar-refractivity contribution in [1.82, 2.24) is 14.3 Å². The monoisotopic (exact) mass is 516 g/mol. The second-order valence-electron chi connectivity index (χ2n) is 9.94. The minimum absolute atomic E-state index is 0.325. The summed E-state index contributed by atoms with van der Waals surface area (Å²) >= 11 is 1.65. The minimum atomic E-state index is -0.410. The van der Waals surface area contributed by atoms with Crippen molar-refractivity contribution in [2.75, 3.05) is 37.8 Å². The van der Waals surface area contributed by atoms with Crippen molar-refractivity contribution in [3.8, 4) is 6.07 Å². The summed E-state index contributed by atoms with van der Waals surface area (Å²) in [4.78, 5) is 14.5. The van der Waals surface area contributed by atoms with E-state index in [-0.39, 0.29) is 0 Å². The van der Waals surface area contributed by atoms with Crippen LogP contribution in [0, 0.1) is 11.3 Å². The second kappa shape index (κ2) is 11.1. The van der Waals surface area contributed by atoms with Gasteiger partial charge in [0, 0.05) is 18.8 Å². The Balaban J connectivity index is 1.53. The van der Waals surface area contributed by atoms with E-state index in [0.717, 1.165) is 60.2 Å². The van der Waals surface area contributed by atoms with E-state index in [0.29, 0.717) is 23.7 Å². The normalized spacial score (nSPS) is 19.4. The summed E-state index contributed by atoms with van der Waals surface area (Å²) in [5.41, 5.74) is 5.17. The summed E-state index contributed by atoms with van der Waals surface area (Å²) in [6.07, 6.45) is 11.4. The number of rotatable bonds is 5. The molecule has 2 aromatic heterocycles. The minimum Gasteiger partial charge on any atom is -0.316 e. The third kappa shape index (κ3) is 5.29. The van der Waals surface area contributed by atoms with Gasteiger partial charge in [0.2, 0.25) is 0 Å². The molecule has 1 fully saturated rings. The summed E-state index contributed by atoms with van der Waals surface area (Å²) in [5, 5.41) is 11.6. The number of halogens is 1. The summed E-state index contributed by atoms with van der Waals surface area (Å²) < 4.78 is 16.2.